The van der Waals surface area contributed by atoms with Crippen LogP contribution in [0, 0.1) is 0 Å². The Balaban J connectivity index is 1.51. The predicted octanol–water partition coefficient (Wildman–Crippen LogP) is 4.47. The lowest BCUT2D eigenvalue weighted by molar-refractivity contribution is -0.121. The fraction of sp³-hybridized carbons (Fsp3) is 0.167. The van der Waals surface area contributed by atoms with Crippen molar-refractivity contribution in [3.63, 3.8) is 0 Å². The summed E-state index contributed by atoms with van der Waals surface area (Å²) in [6, 6.07) is 18.9. The lowest BCUT2D eigenvalue weighted by Gasteiger charge is -2.30. The van der Waals surface area contributed by atoms with Gasteiger partial charge in [-0.3, -0.25) is 19.1 Å². The Morgan fingerprint density at radius 2 is 1.85 bits per heavy atom. The van der Waals surface area contributed by atoms with E-state index in [1.54, 1.807) is 24.5 Å². The molecule has 172 valence electrons. The standard InChI is InChI=1S/C24H21N5O3S2/c1-15(23(31)28-14-21(30)25-16-8-3-4-9-17(16)28)34-24-27-26-22(20-12-7-13-33-20)29(24)18-10-5-6-11-19(18)32-2/h3-13,15H,14H2,1-2H3,(H,25,30)/t15-/m0/s1. The maximum Gasteiger partial charge on any atom is 0.244 e. The van der Waals surface area contributed by atoms with Crippen LogP contribution in [0.2, 0.25) is 0 Å². The summed E-state index contributed by atoms with van der Waals surface area (Å²) in [5.41, 5.74) is 2.09. The quantitative estimate of drug-likeness (QED) is 0.400. The van der Waals surface area contributed by atoms with Crippen molar-refractivity contribution < 1.29 is 14.3 Å². The number of carbonyl (C=O) groups is 2. The largest absolute Gasteiger partial charge is 0.495 e. The third-order valence-electron chi connectivity index (χ3n) is 5.37. The zero-order valence-electron chi connectivity index (χ0n) is 18.5. The lowest BCUT2D eigenvalue weighted by Crippen LogP contribution is -2.45. The number of hydrogen-bond donors (Lipinski definition) is 1. The molecule has 2 amide bonds. The number of nitrogens with zero attached hydrogens (tertiary/aromatic N) is 4. The molecule has 2 aromatic carbocycles. The molecule has 1 N–H and O–H groups in total. The fourth-order valence-electron chi connectivity index (χ4n) is 3.80. The van der Waals surface area contributed by atoms with Crippen LogP contribution in [0.15, 0.2) is 71.2 Å². The first-order valence-electron chi connectivity index (χ1n) is 10.6. The molecular formula is C24H21N5O3S2. The number of amides is 2. The molecule has 1 aliphatic rings. The summed E-state index contributed by atoms with van der Waals surface area (Å²) in [5, 5.41) is 13.7. The second-order valence-corrected chi connectivity index (χ2v) is 9.80. The SMILES string of the molecule is COc1ccccc1-n1c(S[C@@H](C)C(=O)N2CC(=O)Nc3ccccc32)nnc1-c1cccs1. The fourth-order valence-corrected chi connectivity index (χ4v) is 5.42. The van der Waals surface area contributed by atoms with Gasteiger partial charge in [0.15, 0.2) is 11.0 Å². The Morgan fingerprint density at radius 3 is 2.62 bits per heavy atom. The summed E-state index contributed by atoms with van der Waals surface area (Å²) in [6.45, 7) is 1.79. The molecule has 2 aromatic heterocycles. The van der Waals surface area contributed by atoms with Gasteiger partial charge < -0.3 is 10.1 Å². The topological polar surface area (TPSA) is 89.4 Å². The number of aromatic nitrogens is 3. The molecule has 0 spiro atoms. The van der Waals surface area contributed by atoms with Crippen LogP contribution in [-0.4, -0.2) is 45.5 Å². The van der Waals surface area contributed by atoms with E-state index in [0.717, 1.165) is 10.6 Å². The number of ether oxygens (including phenoxy) is 1. The number of rotatable bonds is 6. The number of benzene rings is 2. The van der Waals surface area contributed by atoms with Gasteiger partial charge in [-0.1, -0.05) is 42.1 Å². The first-order valence-corrected chi connectivity index (χ1v) is 12.3. The molecule has 34 heavy (non-hydrogen) atoms. The molecule has 0 unspecified atom stereocenters. The number of methoxy groups -OCH3 is 1. The molecule has 0 radical (unpaired) electrons. The van der Waals surface area contributed by atoms with E-state index < -0.39 is 5.25 Å². The molecular weight excluding hydrogens is 470 g/mol. The Labute approximate surface area is 204 Å². The summed E-state index contributed by atoms with van der Waals surface area (Å²) in [6.07, 6.45) is 0. The van der Waals surface area contributed by atoms with Crippen LogP contribution >= 0.6 is 23.1 Å². The third-order valence-corrected chi connectivity index (χ3v) is 7.26. The van der Waals surface area contributed by atoms with Crippen molar-refractivity contribution in [3.05, 3.63) is 66.0 Å². The Kier molecular flexibility index (Phi) is 6.08. The molecule has 3 heterocycles. The van der Waals surface area contributed by atoms with E-state index in [1.807, 2.05) is 71.5 Å². The first kappa shape index (κ1) is 22.2. The second kappa shape index (κ2) is 9.32. The molecule has 0 saturated carbocycles. The molecule has 10 heteroatoms. The smallest absolute Gasteiger partial charge is 0.244 e. The van der Waals surface area contributed by atoms with Crippen molar-refractivity contribution in [1.82, 2.24) is 14.8 Å². The highest BCUT2D eigenvalue weighted by atomic mass is 32.2. The second-order valence-electron chi connectivity index (χ2n) is 7.54. The number of thiophene rings is 1. The zero-order valence-corrected chi connectivity index (χ0v) is 20.1. The van der Waals surface area contributed by atoms with Crippen molar-refractivity contribution in [2.75, 3.05) is 23.9 Å². The van der Waals surface area contributed by atoms with E-state index in [9.17, 15) is 9.59 Å². The van der Waals surface area contributed by atoms with Crippen LogP contribution in [0.5, 0.6) is 5.75 Å². The normalized spacial score (nSPS) is 13.8. The molecule has 1 atom stereocenters. The number of thioether (sulfide) groups is 1. The average Bonchev–Trinajstić information content (AvgIpc) is 3.53. The van der Waals surface area contributed by atoms with Crippen LogP contribution in [-0.2, 0) is 9.59 Å². The molecule has 5 rings (SSSR count). The van der Waals surface area contributed by atoms with Crippen LogP contribution in [0.25, 0.3) is 16.4 Å². The molecule has 0 saturated heterocycles. The Hall–Kier alpha value is -3.63. The zero-order chi connectivity index (χ0) is 23.7. The van der Waals surface area contributed by atoms with Gasteiger partial charge in [-0.25, -0.2) is 0 Å². The Morgan fingerprint density at radius 1 is 1.09 bits per heavy atom. The molecule has 0 fully saturated rings. The van der Waals surface area contributed by atoms with Gasteiger partial charge in [-0.2, -0.15) is 0 Å². The maximum absolute atomic E-state index is 13.5. The highest BCUT2D eigenvalue weighted by molar-refractivity contribution is 8.00. The van der Waals surface area contributed by atoms with E-state index in [4.69, 9.17) is 4.74 Å². The van der Waals surface area contributed by atoms with Crippen LogP contribution in [0.1, 0.15) is 6.92 Å². The minimum absolute atomic E-state index is 0.0274. The highest BCUT2D eigenvalue weighted by Crippen LogP contribution is 2.37. The van der Waals surface area contributed by atoms with Crippen LogP contribution < -0.4 is 15.0 Å². The molecule has 0 bridgehead atoms. The first-order chi connectivity index (χ1) is 16.6. The molecule has 8 nitrogen and oxygen atoms in total. The van der Waals surface area contributed by atoms with E-state index in [0.29, 0.717) is 28.1 Å². The third kappa shape index (κ3) is 4.06. The monoisotopic (exact) mass is 491 g/mol. The van der Waals surface area contributed by atoms with E-state index in [-0.39, 0.29) is 18.4 Å². The van der Waals surface area contributed by atoms with Crippen molar-refractivity contribution in [3.8, 4) is 22.1 Å². The minimum Gasteiger partial charge on any atom is -0.495 e. The van der Waals surface area contributed by atoms with Crippen molar-refractivity contribution >= 4 is 46.3 Å². The average molecular weight is 492 g/mol. The lowest BCUT2D eigenvalue weighted by atomic mass is 10.2. The highest BCUT2D eigenvalue weighted by Gasteiger charge is 2.31. The number of carbonyl (C=O) groups excluding carboxylic acids is 2. The predicted molar refractivity (Wildman–Crippen MR) is 134 cm³/mol. The number of anilines is 2. The van der Waals surface area contributed by atoms with Crippen LogP contribution in [0.4, 0.5) is 11.4 Å². The van der Waals surface area contributed by atoms with Gasteiger partial charge in [0.2, 0.25) is 11.8 Å². The molecule has 1 aliphatic heterocycles. The Bertz CT molecular complexity index is 1350. The van der Waals surface area contributed by atoms with Crippen LogP contribution in [0.3, 0.4) is 0 Å². The summed E-state index contributed by atoms with van der Waals surface area (Å²) in [5.74, 6) is 0.938. The summed E-state index contributed by atoms with van der Waals surface area (Å²) >= 11 is 2.85. The van der Waals surface area contributed by atoms with Gasteiger partial charge in [0.05, 0.1) is 34.3 Å². The summed E-state index contributed by atoms with van der Waals surface area (Å²) < 4.78 is 7.51. The van der Waals surface area contributed by atoms with E-state index >= 15 is 0 Å². The summed E-state index contributed by atoms with van der Waals surface area (Å²) in [4.78, 5) is 28.2. The number of hydrogen-bond acceptors (Lipinski definition) is 7. The number of fused-ring (bicyclic) bond motifs is 1. The van der Waals surface area contributed by atoms with E-state index in [2.05, 4.69) is 15.5 Å². The minimum atomic E-state index is -0.521. The number of nitrogens with one attached hydrogen (secondary N) is 1. The van der Waals surface area contributed by atoms with E-state index in [1.165, 1.54) is 16.7 Å². The summed E-state index contributed by atoms with van der Waals surface area (Å²) in [7, 11) is 1.62. The van der Waals surface area contributed by atoms with Crippen molar-refractivity contribution in [2.45, 2.75) is 17.3 Å². The van der Waals surface area contributed by atoms with Gasteiger partial charge in [0.25, 0.3) is 0 Å². The van der Waals surface area contributed by atoms with Gasteiger partial charge >= 0.3 is 0 Å². The molecule has 0 aliphatic carbocycles. The van der Waals surface area contributed by atoms with Crippen molar-refractivity contribution in [2.24, 2.45) is 0 Å². The van der Waals surface area contributed by atoms with Gasteiger partial charge in [0.1, 0.15) is 12.3 Å². The van der Waals surface area contributed by atoms with Gasteiger partial charge in [-0.05, 0) is 42.6 Å². The number of para-hydroxylation sites is 4. The molecule has 4 aromatic rings. The van der Waals surface area contributed by atoms with Gasteiger partial charge in [-0.15, -0.1) is 21.5 Å². The van der Waals surface area contributed by atoms with Crippen molar-refractivity contribution in [1.29, 1.82) is 0 Å². The van der Waals surface area contributed by atoms with Gasteiger partial charge in [0, 0.05) is 0 Å². The maximum atomic E-state index is 13.5.